The molecule has 2 N–H and O–H groups in total. The van der Waals surface area contributed by atoms with Crippen LogP contribution in [0.25, 0.3) is 0 Å². The van der Waals surface area contributed by atoms with Gasteiger partial charge >= 0.3 is 11.8 Å². The third-order valence-corrected chi connectivity index (χ3v) is 7.48. The number of carbonyl (C=O) groups excluding carboxylic acids is 2. The Kier molecular flexibility index (Phi) is 6.36. The summed E-state index contributed by atoms with van der Waals surface area (Å²) in [5, 5.41) is 4.95. The van der Waals surface area contributed by atoms with Gasteiger partial charge in [0.05, 0.1) is 18.0 Å². The van der Waals surface area contributed by atoms with Crippen LogP contribution in [0.2, 0.25) is 0 Å². The van der Waals surface area contributed by atoms with E-state index in [-0.39, 0.29) is 37.9 Å². The fourth-order valence-corrected chi connectivity index (χ4v) is 5.36. The summed E-state index contributed by atoms with van der Waals surface area (Å²) in [5.74, 6) is 0.244. The zero-order chi connectivity index (χ0) is 24.4. The number of nitrogens with zero attached hydrogens (tertiary/aromatic N) is 1. The molecule has 2 aromatic carbocycles. The van der Waals surface area contributed by atoms with Crippen molar-refractivity contribution in [1.82, 2.24) is 14.9 Å². The Labute approximate surface area is 201 Å². The summed E-state index contributed by atoms with van der Waals surface area (Å²) in [4.78, 5) is 24.5. The quantitative estimate of drug-likeness (QED) is 0.518. The summed E-state index contributed by atoms with van der Waals surface area (Å²) in [6.45, 7) is 1.03. The first kappa shape index (κ1) is 23.2. The molecule has 0 aromatic heterocycles. The molecular formula is C22H23N3O9S. The van der Waals surface area contributed by atoms with Crippen molar-refractivity contribution in [2.75, 3.05) is 39.7 Å². The van der Waals surface area contributed by atoms with Gasteiger partial charge in [0.1, 0.15) is 19.4 Å². The monoisotopic (exact) mass is 505 g/mol. The highest BCUT2D eigenvalue weighted by Gasteiger charge is 2.37. The van der Waals surface area contributed by atoms with Crippen LogP contribution in [-0.4, -0.2) is 70.5 Å². The molecule has 3 aliphatic heterocycles. The van der Waals surface area contributed by atoms with Gasteiger partial charge < -0.3 is 34.3 Å². The zero-order valence-corrected chi connectivity index (χ0v) is 19.3. The first-order valence-electron chi connectivity index (χ1n) is 10.9. The van der Waals surface area contributed by atoms with Crippen molar-refractivity contribution in [1.29, 1.82) is 0 Å². The minimum atomic E-state index is -3.94. The standard InChI is InChI=1S/C22H23N3O9S/c26-21(23-11-14-1-3-17-18(9-14)34-13-33-17)22(27)24-12-20-25(5-6-32-20)35(28,29)15-2-4-16-19(10-15)31-8-7-30-16/h1-4,9-10,20H,5-8,11-13H2,(H,23,26)(H,24,27)/t20-/m0/s1. The number of ether oxygens (including phenoxy) is 5. The van der Waals surface area contributed by atoms with Gasteiger partial charge in [-0.2, -0.15) is 4.31 Å². The van der Waals surface area contributed by atoms with Crippen LogP contribution in [0.3, 0.4) is 0 Å². The van der Waals surface area contributed by atoms with Crippen LogP contribution in [0.1, 0.15) is 5.56 Å². The highest BCUT2D eigenvalue weighted by molar-refractivity contribution is 7.89. The van der Waals surface area contributed by atoms with Gasteiger partial charge in [-0.15, -0.1) is 0 Å². The van der Waals surface area contributed by atoms with Crippen LogP contribution in [0, 0.1) is 0 Å². The van der Waals surface area contributed by atoms with Crippen LogP contribution in [0.5, 0.6) is 23.0 Å². The van der Waals surface area contributed by atoms with E-state index in [1.807, 2.05) is 0 Å². The van der Waals surface area contributed by atoms with E-state index in [1.54, 1.807) is 24.3 Å². The third kappa shape index (κ3) is 4.83. The van der Waals surface area contributed by atoms with E-state index in [0.29, 0.717) is 36.2 Å². The van der Waals surface area contributed by atoms with Crippen LogP contribution < -0.4 is 29.6 Å². The molecule has 12 nitrogen and oxygen atoms in total. The second-order valence-electron chi connectivity index (χ2n) is 7.83. The van der Waals surface area contributed by atoms with Crippen molar-refractivity contribution in [3.05, 3.63) is 42.0 Å². The Morgan fingerprint density at radius 3 is 2.40 bits per heavy atom. The number of rotatable bonds is 6. The summed E-state index contributed by atoms with van der Waals surface area (Å²) in [6.07, 6.45) is -0.959. The first-order valence-corrected chi connectivity index (χ1v) is 12.3. The minimum Gasteiger partial charge on any atom is -0.486 e. The number of hydrogen-bond acceptors (Lipinski definition) is 9. The van der Waals surface area contributed by atoms with Crippen LogP contribution >= 0.6 is 0 Å². The molecule has 5 rings (SSSR count). The van der Waals surface area contributed by atoms with Crippen molar-refractivity contribution in [2.24, 2.45) is 0 Å². The number of sulfonamides is 1. The lowest BCUT2D eigenvalue weighted by molar-refractivity contribution is -0.139. The van der Waals surface area contributed by atoms with E-state index in [4.69, 9.17) is 23.7 Å². The lowest BCUT2D eigenvalue weighted by Crippen LogP contribution is -2.47. The zero-order valence-electron chi connectivity index (χ0n) is 18.5. The van der Waals surface area contributed by atoms with E-state index in [2.05, 4.69) is 10.6 Å². The van der Waals surface area contributed by atoms with E-state index < -0.39 is 28.1 Å². The molecule has 1 atom stereocenters. The van der Waals surface area contributed by atoms with Crippen LogP contribution in [-0.2, 0) is 30.9 Å². The van der Waals surface area contributed by atoms with Gasteiger partial charge in [-0.25, -0.2) is 8.42 Å². The molecule has 0 bridgehead atoms. The van der Waals surface area contributed by atoms with E-state index in [0.717, 1.165) is 9.87 Å². The summed E-state index contributed by atoms with van der Waals surface area (Å²) in [7, 11) is -3.94. The Balaban J connectivity index is 1.17. The van der Waals surface area contributed by atoms with Gasteiger partial charge in [0, 0.05) is 19.2 Å². The van der Waals surface area contributed by atoms with Crippen LogP contribution in [0.4, 0.5) is 0 Å². The largest absolute Gasteiger partial charge is 0.486 e. The molecule has 35 heavy (non-hydrogen) atoms. The number of amides is 2. The average molecular weight is 506 g/mol. The average Bonchev–Trinajstić information content (AvgIpc) is 3.55. The molecule has 13 heteroatoms. The second kappa shape index (κ2) is 9.60. The Bertz CT molecular complexity index is 1250. The fraction of sp³-hybridized carbons (Fsp3) is 0.364. The summed E-state index contributed by atoms with van der Waals surface area (Å²) < 4.78 is 54.5. The second-order valence-corrected chi connectivity index (χ2v) is 9.72. The number of hydrogen-bond donors (Lipinski definition) is 2. The van der Waals surface area contributed by atoms with Crippen molar-refractivity contribution in [3.63, 3.8) is 0 Å². The molecule has 3 aliphatic rings. The van der Waals surface area contributed by atoms with Gasteiger partial charge in [-0.05, 0) is 29.8 Å². The van der Waals surface area contributed by atoms with E-state index >= 15 is 0 Å². The third-order valence-electron chi connectivity index (χ3n) is 5.60. The molecule has 2 aromatic rings. The molecule has 0 saturated carbocycles. The van der Waals surface area contributed by atoms with Crippen molar-refractivity contribution in [2.45, 2.75) is 17.7 Å². The van der Waals surface area contributed by atoms with Gasteiger partial charge in [0.25, 0.3) is 0 Å². The van der Waals surface area contributed by atoms with E-state index in [1.165, 1.54) is 12.1 Å². The van der Waals surface area contributed by atoms with Gasteiger partial charge in [-0.1, -0.05) is 6.07 Å². The predicted molar refractivity (Wildman–Crippen MR) is 118 cm³/mol. The topological polar surface area (TPSA) is 142 Å². The van der Waals surface area contributed by atoms with E-state index in [9.17, 15) is 18.0 Å². The SMILES string of the molecule is O=C(NCc1ccc2c(c1)OCO2)C(=O)NC[C@@H]1OCCN1S(=O)(=O)c1ccc2c(c1)OCCO2. The fourth-order valence-electron chi connectivity index (χ4n) is 3.83. The number of carbonyl (C=O) groups is 2. The van der Waals surface area contributed by atoms with Gasteiger partial charge in [0.15, 0.2) is 23.0 Å². The molecule has 1 fully saturated rings. The molecule has 0 radical (unpaired) electrons. The number of nitrogens with one attached hydrogen (secondary N) is 2. The molecule has 0 unspecified atom stereocenters. The molecule has 0 spiro atoms. The maximum absolute atomic E-state index is 13.2. The Morgan fingerprint density at radius 1 is 0.857 bits per heavy atom. The number of benzene rings is 2. The smallest absolute Gasteiger partial charge is 0.309 e. The Morgan fingerprint density at radius 2 is 1.54 bits per heavy atom. The van der Waals surface area contributed by atoms with Crippen molar-refractivity contribution < 1.29 is 41.7 Å². The van der Waals surface area contributed by atoms with Crippen molar-refractivity contribution >= 4 is 21.8 Å². The highest BCUT2D eigenvalue weighted by Crippen LogP contribution is 2.34. The van der Waals surface area contributed by atoms with Gasteiger partial charge in [0.2, 0.25) is 16.8 Å². The summed E-state index contributed by atoms with van der Waals surface area (Å²) in [5.41, 5.74) is 0.728. The predicted octanol–water partition coefficient (Wildman–Crippen LogP) is -0.0339. The Hall–Kier alpha value is -3.55. The summed E-state index contributed by atoms with van der Waals surface area (Å²) >= 11 is 0. The normalized spacial score (nSPS) is 18.8. The summed E-state index contributed by atoms with van der Waals surface area (Å²) in [6, 6.07) is 9.56. The lowest BCUT2D eigenvalue weighted by atomic mass is 10.2. The van der Waals surface area contributed by atoms with Gasteiger partial charge in [-0.3, -0.25) is 9.59 Å². The molecule has 186 valence electrons. The maximum Gasteiger partial charge on any atom is 0.309 e. The number of fused-ring (bicyclic) bond motifs is 2. The highest BCUT2D eigenvalue weighted by atomic mass is 32.2. The first-order chi connectivity index (χ1) is 16.9. The molecule has 3 heterocycles. The van der Waals surface area contributed by atoms with Crippen molar-refractivity contribution in [3.8, 4) is 23.0 Å². The molecule has 2 amide bonds. The molecular weight excluding hydrogens is 482 g/mol. The maximum atomic E-state index is 13.2. The minimum absolute atomic E-state index is 0.0186. The van der Waals surface area contributed by atoms with Crippen LogP contribution in [0.15, 0.2) is 41.3 Å². The molecule has 0 aliphatic carbocycles. The molecule has 1 saturated heterocycles. The lowest BCUT2D eigenvalue weighted by Gasteiger charge is -2.24.